The van der Waals surface area contributed by atoms with E-state index in [2.05, 4.69) is 0 Å². The Bertz CT molecular complexity index is 1460. The molecule has 0 unspecified atom stereocenters. The zero-order valence-electron chi connectivity index (χ0n) is 19.8. The number of ether oxygens (including phenoxy) is 3. The smallest absolute Gasteiger partial charge is 0.424 e. The lowest BCUT2D eigenvalue weighted by Gasteiger charge is -2.22. The topological polar surface area (TPSA) is 82.1 Å². The Hall–Kier alpha value is -5.17. The minimum absolute atomic E-state index is 0.125. The number of rotatable bonds is 5. The molecule has 0 N–H and O–H groups in total. The number of carbonyl (C=O) groups excluding carboxylic acids is 3. The number of benzene rings is 4. The zero-order valence-corrected chi connectivity index (χ0v) is 19.8. The molecule has 0 saturated heterocycles. The summed E-state index contributed by atoms with van der Waals surface area (Å²) in [6.07, 6.45) is 0.977. The number of para-hydroxylation sites is 2. The van der Waals surface area contributed by atoms with Crippen LogP contribution in [0, 0.1) is 0 Å². The minimum atomic E-state index is -0.608. The van der Waals surface area contributed by atoms with Crippen molar-refractivity contribution in [1.29, 1.82) is 0 Å². The van der Waals surface area contributed by atoms with Crippen LogP contribution in [0.4, 0.5) is 16.2 Å². The average molecular weight is 491 g/mol. The van der Waals surface area contributed by atoms with Crippen LogP contribution < -0.4 is 14.4 Å². The van der Waals surface area contributed by atoms with Crippen molar-refractivity contribution in [2.45, 2.75) is 0 Å². The number of Topliss-reactive ketones (excluding diaryl/α,β-unsaturated/α-hetero) is 1. The Balaban J connectivity index is 1.36. The Labute approximate surface area is 213 Å². The summed E-state index contributed by atoms with van der Waals surface area (Å²) < 4.78 is 16.2. The third kappa shape index (κ3) is 4.97. The van der Waals surface area contributed by atoms with Gasteiger partial charge < -0.3 is 14.2 Å². The second-order valence-corrected chi connectivity index (χ2v) is 8.09. The van der Waals surface area contributed by atoms with E-state index in [1.54, 1.807) is 42.5 Å². The Morgan fingerprint density at radius 2 is 1.43 bits per heavy atom. The molecule has 1 aliphatic rings. The number of fused-ring (bicyclic) bond motifs is 1. The van der Waals surface area contributed by atoms with Gasteiger partial charge in [-0.05, 0) is 60.2 Å². The molecule has 1 aliphatic heterocycles. The number of carbonyl (C=O) groups is 3. The van der Waals surface area contributed by atoms with E-state index >= 15 is 0 Å². The van der Waals surface area contributed by atoms with E-state index in [4.69, 9.17) is 14.2 Å². The van der Waals surface area contributed by atoms with Gasteiger partial charge in [0.1, 0.15) is 11.5 Å². The van der Waals surface area contributed by atoms with Gasteiger partial charge in [-0.3, -0.25) is 4.79 Å². The third-order valence-electron chi connectivity index (χ3n) is 5.69. The molecule has 0 aromatic heterocycles. The quantitative estimate of drug-likeness (QED) is 0.236. The van der Waals surface area contributed by atoms with Gasteiger partial charge in [-0.2, -0.15) is 0 Å². The number of esters is 1. The van der Waals surface area contributed by atoms with Crippen molar-refractivity contribution in [2.75, 3.05) is 12.0 Å². The highest BCUT2D eigenvalue weighted by Gasteiger charge is 2.29. The minimum Gasteiger partial charge on any atom is -0.465 e. The molecular formula is C30H21NO6. The van der Waals surface area contributed by atoms with Gasteiger partial charge in [0.05, 0.1) is 29.6 Å². The second kappa shape index (κ2) is 10.2. The predicted molar refractivity (Wildman–Crippen MR) is 138 cm³/mol. The van der Waals surface area contributed by atoms with Crippen LogP contribution in [0.5, 0.6) is 11.5 Å². The maximum atomic E-state index is 13.2. The normalized spacial score (nSPS) is 13.0. The fourth-order valence-corrected chi connectivity index (χ4v) is 3.88. The first kappa shape index (κ1) is 23.6. The summed E-state index contributed by atoms with van der Waals surface area (Å²) >= 11 is 0. The molecule has 37 heavy (non-hydrogen) atoms. The van der Waals surface area contributed by atoms with E-state index in [9.17, 15) is 14.4 Å². The Morgan fingerprint density at radius 1 is 0.811 bits per heavy atom. The monoisotopic (exact) mass is 491 g/mol. The highest BCUT2D eigenvalue weighted by molar-refractivity contribution is 6.14. The first-order chi connectivity index (χ1) is 18.0. The molecule has 7 nitrogen and oxygen atoms in total. The van der Waals surface area contributed by atoms with Crippen LogP contribution in [0.3, 0.4) is 0 Å². The van der Waals surface area contributed by atoms with Crippen molar-refractivity contribution in [3.63, 3.8) is 0 Å². The van der Waals surface area contributed by atoms with Gasteiger partial charge in [0.25, 0.3) is 0 Å². The molecule has 1 amide bonds. The van der Waals surface area contributed by atoms with E-state index in [0.29, 0.717) is 33.8 Å². The Kier molecular flexibility index (Phi) is 6.50. The summed E-state index contributed by atoms with van der Waals surface area (Å²) in [5.74, 6) is -0.0876. The first-order valence-corrected chi connectivity index (χ1v) is 11.4. The molecule has 4 aromatic carbocycles. The molecule has 1 heterocycles. The number of methoxy groups -OCH3 is 1. The van der Waals surface area contributed by atoms with Crippen molar-refractivity contribution in [3.05, 3.63) is 126 Å². The van der Waals surface area contributed by atoms with Crippen LogP contribution in [-0.2, 0) is 4.74 Å². The molecule has 5 rings (SSSR count). The van der Waals surface area contributed by atoms with Crippen LogP contribution in [0.15, 0.2) is 109 Å². The summed E-state index contributed by atoms with van der Waals surface area (Å²) in [4.78, 5) is 39.2. The van der Waals surface area contributed by atoms with Gasteiger partial charge in [0.15, 0.2) is 5.76 Å². The zero-order chi connectivity index (χ0) is 25.8. The van der Waals surface area contributed by atoms with E-state index in [1.165, 1.54) is 18.1 Å². The van der Waals surface area contributed by atoms with Crippen LogP contribution in [0.2, 0.25) is 0 Å². The summed E-state index contributed by atoms with van der Waals surface area (Å²) in [6, 6.07) is 29.6. The number of allylic oxidation sites excluding steroid dienone is 1. The molecule has 0 saturated carbocycles. The van der Waals surface area contributed by atoms with Crippen molar-refractivity contribution in [1.82, 2.24) is 0 Å². The molecule has 0 spiro atoms. The lowest BCUT2D eigenvalue weighted by molar-refractivity contribution is 0.0600. The summed E-state index contributed by atoms with van der Waals surface area (Å²) in [5, 5.41) is 0. The van der Waals surface area contributed by atoms with E-state index in [0.717, 1.165) is 0 Å². The maximum Gasteiger partial charge on any atom is 0.424 e. The van der Waals surface area contributed by atoms with Gasteiger partial charge in [-0.1, -0.05) is 48.5 Å². The van der Waals surface area contributed by atoms with Crippen molar-refractivity contribution < 1.29 is 28.6 Å². The van der Waals surface area contributed by atoms with Gasteiger partial charge in [0, 0.05) is 6.07 Å². The highest BCUT2D eigenvalue weighted by Crippen LogP contribution is 2.35. The van der Waals surface area contributed by atoms with Crippen LogP contribution >= 0.6 is 0 Å². The van der Waals surface area contributed by atoms with E-state index in [1.807, 2.05) is 60.7 Å². The van der Waals surface area contributed by atoms with E-state index < -0.39 is 12.1 Å². The van der Waals surface area contributed by atoms with Crippen molar-refractivity contribution in [2.24, 2.45) is 0 Å². The molecule has 0 aliphatic carbocycles. The van der Waals surface area contributed by atoms with Crippen LogP contribution in [-0.4, -0.2) is 25.0 Å². The van der Waals surface area contributed by atoms with Gasteiger partial charge in [-0.25, -0.2) is 14.5 Å². The number of hydrogen-bond donors (Lipinski definition) is 0. The molecule has 182 valence electrons. The fourth-order valence-electron chi connectivity index (χ4n) is 3.88. The predicted octanol–water partition coefficient (Wildman–Crippen LogP) is 6.43. The Morgan fingerprint density at radius 3 is 2.03 bits per heavy atom. The lowest BCUT2D eigenvalue weighted by atomic mass is 10.1. The fraction of sp³-hybridized carbons (Fsp3) is 0.0333. The number of ketones is 1. The molecule has 0 radical (unpaired) electrons. The molecule has 0 fully saturated rings. The highest BCUT2D eigenvalue weighted by atomic mass is 16.6. The summed E-state index contributed by atoms with van der Waals surface area (Å²) in [5.41, 5.74) is 2.74. The second-order valence-electron chi connectivity index (χ2n) is 8.09. The largest absolute Gasteiger partial charge is 0.465 e. The number of anilines is 2. The maximum absolute atomic E-state index is 13.2. The van der Waals surface area contributed by atoms with Gasteiger partial charge in [0.2, 0.25) is 5.78 Å². The standard InChI is InChI=1S/C30H21NO6/c1-35-29(33)21-14-12-20(13-15-21)18-27-28(32)25-17-16-24(19-26(25)37-27)36-30(34)31(22-8-4-2-5-9-22)23-10-6-3-7-11-23/h2-19H,1H3. The van der Waals surface area contributed by atoms with Crippen LogP contribution in [0.25, 0.3) is 6.08 Å². The van der Waals surface area contributed by atoms with Gasteiger partial charge in [-0.15, -0.1) is 0 Å². The van der Waals surface area contributed by atoms with E-state index in [-0.39, 0.29) is 17.3 Å². The summed E-state index contributed by atoms with van der Waals surface area (Å²) in [6.45, 7) is 0. The van der Waals surface area contributed by atoms with Crippen molar-refractivity contribution >= 4 is 35.3 Å². The van der Waals surface area contributed by atoms with Crippen molar-refractivity contribution in [3.8, 4) is 11.5 Å². The first-order valence-electron chi connectivity index (χ1n) is 11.4. The van der Waals surface area contributed by atoms with Crippen LogP contribution in [0.1, 0.15) is 26.3 Å². The molecule has 7 heteroatoms. The molecular weight excluding hydrogens is 470 g/mol. The van der Waals surface area contributed by atoms with Gasteiger partial charge >= 0.3 is 12.1 Å². The average Bonchev–Trinajstić information content (AvgIpc) is 3.24. The number of amides is 1. The number of hydrogen-bond acceptors (Lipinski definition) is 6. The SMILES string of the molecule is COC(=O)c1ccc(C=C2Oc3cc(OC(=O)N(c4ccccc4)c4ccccc4)ccc3C2=O)cc1. The molecule has 0 bridgehead atoms. The third-order valence-corrected chi connectivity index (χ3v) is 5.69. The lowest BCUT2D eigenvalue weighted by Crippen LogP contribution is -2.29. The molecule has 0 atom stereocenters. The number of nitrogens with zero attached hydrogens (tertiary/aromatic N) is 1. The summed E-state index contributed by atoms with van der Waals surface area (Å²) in [7, 11) is 1.31. The molecule has 4 aromatic rings.